The molecule has 2 aromatic carbocycles. The van der Waals surface area contributed by atoms with Gasteiger partial charge >= 0.3 is 0 Å². The van der Waals surface area contributed by atoms with Crippen LogP contribution in [0, 0.1) is 0 Å². The first-order valence-corrected chi connectivity index (χ1v) is 6.99. The van der Waals surface area contributed by atoms with Crippen molar-refractivity contribution in [2.24, 2.45) is 0 Å². The van der Waals surface area contributed by atoms with Crippen LogP contribution in [0.15, 0.2) is 48.5 Å². The van der Waals surface area contributed by atoms with Gasteiger partial charge in [0.25, 0.3) is 0 Å². The number of hydrogen-bond acceptors (Lipinski definition) is 3. The second-order valence-electron chi connectivity index (χ2n) is 4.43. The van der Waals surface area contributed by atoms with Crippen LogP contribution in [0.25, 0.3) is 0 Å². The van der Waals surface area contributed by atoms with Crippen molar-refractivity contribution in [1.29, 1.82) is 0 Å². The third kappa shape index (κ3) is 4.44. The zero-order valence-corrected chi connectivity index (χ0v) is 12.3. The molecule has 2 rings (SSSR count). The van der Waals surface area contributed by atoms with Crippen molar-refractivity contribution in [3.05, 3.63) is 59.1 Å². The smallest absolute Gasteiger partial charge is 0.118 e. The van der Waals surface area contributed by atoms with Gasteiger partial charge in [-0.25, -0.2) is 0 Å². The monoisotopic (exact) mass is 290 g/mol. The molecule has 0 aliphatic heterocycles. The summed E-state index contributed by atoms with van der Waals surface area (Å²) < 4.78 is 5.13. The van der Waals surface area contributed by atoms with Crippen molar-refractivity contribution >= 4 is 17.3 Å². The maximum Gasteiger partial charge on any atom is 0.118 e. The number of anilines is 1. The minimum Gasteiger partial charge on any atom is -0.497 e. The highest BCUT2D eigenvalue weighted by atomic mass is 35.5. The summed E-state index contributed by atoms with van der Waals surface area (Å²) in [6, 6.07) is 15.8. The normalized spacial score (nSPS) is 10.3. The molecule has 0 aromatic heterocycles. The van der Waals surface area contributed by atoms with Gasteiger partial charge in [0.15, 0.2) is 0 Å². The number of rotatable bonds is 7. The maximum atomic E-state index is 6.07. The van der Waals surface area contributed by atoms with Gasteiger partial charge in [-0.05, 0) is 29.8 Å². The molecule has 0 spiro atoms. The van der Waals surface area contributed by atoms with Crippen molar-refractivity contribution < 1.29 is 4.74 Å². The molecule has 106 valence electrons. The minimum atomic E-state index is 0.752. The average Bonchev–Trinajstić information content (AvgIpc) is 2.49. The van der Waals surface area contributed by atoms with Crippen LogP contribution in [0.1, 0.15) is 5.56 Å². The average molecular weight is 291 g/mol. The summed E-state index contributed by atoms with van der Waals surface area (Å²) in [5, 5.41) is 7.44. The fraction of sp³-hybridized carbons (Fsp3) is 0.250. The predicted molar refractivity (Wildman–Crippen MR) is 84.6 cm³/mol. The number of nitrogens with one attached hydrogen (secondary N) is 2. The summed E-state index contributed by atoms with van der Waals surface area (Å²) in [5.74, 6) is 0.883. The Morgan fingerprint density at radius 1 is 1.00 bits per heavy atom. The number of ether oxygens (including phenoxy) is 1. The number of benzene rings is 2. The van der Waals surface area contributed by atoms with Crippen LogP contribution in [-0.4, -0.2) is 20.2 Å². The van der Waals surface area contributed by atoms with Crippen molar-refractivity contribution in [2.75, 3.05) is 25.5 Å². The molecule has 0 bridgehead atoms. The Balaban J connectivity index is 1.67. The van der Waals surface area contributed by atoms with E-state index in [1.807, 2.05) is 36.4 Å². The van der Waals surface area contributed by atoms with E-state index in [9.17, 15) is 0 Å². The van der Waals surface area contributed by atoms with Gasteiger partial charge in [0.2, 0.25) is 0 Å². The summed E-state index contributed by atoms with van der Waals surface area (Å²) >= 11 is 6.07. The van der Waals surface area contributed by atoms with Gasteiger partial charge in [-0.1, -0.05) is 35.9 Å². The molecule has 3 nitrogen and oxygen atoms in total. The van der Waals surface area contributed by atoms with Crippen molar-refractivity contribution in [3.8, 4) is 5.75 Å². The van der Waals surface area contributed by atoms with E-state index in [0.717, 1.165) is 36.1 Å². The highest BCUT2D eigenvalue weighted by molar-refractivity contribution is 6.33. The first-order valence-electron chi connectivity index (χ1n) is 6.61. The predicted octanol–water partition coefficient (Wildman–Crippen LogP) is 3.55. The minimum absolute atomic E-state index is 0.752. The molecule has 0 heterocycles. The Bertz CT molecular complexity index is 528. The maximum absolute atomic E-state index is 6.07. The van der Waals surface area contributed by atoms with E-state index in [4.69, 9.17) is 16.3 Å². The van der Waals surface area contributed by atoms with Gasteiger partial charge in [-0.15, -0.1) is 0 Å². The molecular formula is C16H19ClN2O. The van der Waals surface area contributed by atoms with Gasteiger partial charge in [0.1, 0.15) is 5.75 Å². The molecule has 20 heavy (non-hydrogen) atoms. The second kappa shape index (κ2) is 7.78. The number of methoxy groups -OCH3 is 1. The molecule has 0 saturated heterocycles. The topological polar surface area (TPSA) is 33.3 Å². The SMILES string of the molecule is COc1ccc(CNCCNc2ccccc2Cl)cc1. The molecule has 0 atom stereocenters. The number of para-hydroxylation sites is 1. The zero-order chi connectivity index (χ0) is 14.2. The van der Waals surface area contributed by atoms with Crippen LogP contribution >= 0.6 is 11.6 Å². The van der Waals surface area contributed by atoms with Crippen molar-refractivity contribution in [3.63, 3.8) is 0 Å². The van der Waals surface area contributed by atoms with Crippen LogP contribution < -0.4 is 15.4 Å². The Labute approximate surface area is 124 Å². The Morgan fingerprint density at radius 2 is 1.75 bits per heavy atom. The zero-order valence-electron chi connectivity index (χ0n) is 11.5. The highest BCUT2D eigenvalue weighted by Crippen LogP contribution is 2.19. The third-order valence-corrected chi connectivity index (χ3v) is 3.31. The van der Waals surface area contributed by atoms with Crippen molar-refractivity contribution in [1.82, 2.24) is 5.32 Å². The van der Waals surface area contributed by atoms with Gasteiger partial charge in [-0.3, -0.25) is 0 Å². The molecule has 0 saturated carbocycles. The first kappa shape index (κ1) is 14.7. The van der Waals surface area contributed by atoms with E-state index < -0.39 is 0 Å². The molecule has 0 amide bonds. The largest absolute Gasteiger partial charge is 0.497 e. The highest BCUT2D eigenvalue weighted by Gasteiger charge is 1.97. The van der Waals surface area contributed by atoms with Gasteiger partial charge in [0.05, 0.1) is 17.8 Å². The summed E-state index contributed by atoms with van der Waals surface area (Å²) in [6.45, 7) is 2.55. The van der Waals surface area contributed by atoms with Crippen LogP contribution in [0.2, 0.25) is 5.02 Å². The van der Waals surface area contributed by atoms with Gasteiger partial charge in [0, 0.05) is 19.6 Å². The van der Waals surface area contributed by atoms with E-state index in [1.54, 1.807) is 7.11 Å². The quantitative estimate of drug-likeness (QED) is 0.765. The Morgan fingerprint density at radius 3 is 2.45 bits per heavy atom. The van der Waals surface area contributed by atoms with E-state index in [-0.39, 0.29) is 0 Å². The molecule has 0 fully saturated rings. The molecule has 2 aromatic rings. The molecule has 0 aliphatic carbocycles. The summed E-state index contributed by atoms with van der Waals surface area (Å²) in [6.07, 6.45) is 0. The standard InChI is InChI=1S/C16H19ClN2O/c1-20-14-8-6-13(7-9-14)12-18-10-11-19-16-5-3-2-4-15(16)17/h2-9,18-19H,10-12H2,1H3. The fourth-order valence-electron chi connectivity index (χ4n) is 1.87. The lowest BCUT2D eigenvalue weighted by molar-refractivity contribution is 0.414. The number of halogens is 1. The lowest BCUT2D eigenvalue weighted by Gasteiger charge is -2.09. The fourth-order valence-corrected chi connectivity index (χ4v) is 2.07. The van der Waals surface area contributed by atoms with E-state index in [1.165, 1.54) is 5.56 Å². The molecule has 0 unspecified atom stereocenters. The van der Waals surface area contributed by atoms with Crippen LogP contribution in [0.5, 0.6) is 5.75 Å². The Kier molecular flexibility index (Phi) is 5.71. The first-order chi connectivity index (χ1) is 9.79. The van der Waals surface area contributed by atoms with E-state index in [0.29, 0.717) is 0 Å². The molecule has 4 heteroatoms. The second-order valence-corrected chi connectivity index (χ2v) is 4.84. The Hall–Kier alpha value is -1.71. The summed E-state index contributed by atoms with van der Waals surface area (Å²) in [4.78, 5) is 0. The van der Waals surface area contributed by atoms with Crippen LogP contribution in [0.3, 0.4) is 0 Å². The lowest BCUT2D eigenvalue weighted by Crippen LogP contribution is -2.21. The van der Waals surface area contributed by atoms with E-state index in [2.05, 4.69) is 22.8 Å². The molecule has 0 radical (unpaired) electrons. The molecule has 2 N–H and O–H groups in total. The lowest BCUT2D eigenvalue weighted by atomic mass is 10.2. The third-order valence-electron chi connectivity index (χ3n) is 2.98. The van der Waals surface area contributed by atoms with Crippen LogP contribution in [-0.2, 0) is 6.54 Å². The number of hydrogen-bond donors (Lipinski definition) is 2. The summed E-state index contributed by atoms with van der Waals surface area (Å²) in [5.41, 5.74) is 2.21. The molecule has 0 aliphatic rings. The summed E-state index contributed by atoms with van der Waals surface area (Å²) in [7, 11) is 1.67. The van der Waals surface area contributed by atoms with E-state index >= 15 is 0 Å². The van der Waals surface area contributed by atoms with Gasteiger partial charge < -0.3 is 15.4 Å². The van der Waals surface area contributed by atoms with Gasteiger partial charge in [-0.2, -0.15) is 0 Å². The molecular weight excluding hydrogens is 272 g/mol. The van der Waals surface area contributed by atoms with Crippen LogP contribution in [0.4, 0.5) is 5.69 Å². The van der Waals surface area contributed by atoms with Crippen molar-refractivity contribution in [2.45, 2.75) is 6.54 Å².